The summed E-state index contributed by atoms with van der Waals surface area (Å²) in [6, 6.07) is 13.8. The van der Waals surface area contributed by atoms with E-state index in [1.54, 1.807) is 27.8 Å². The molecular weight excluding hydrogens is 356 g/mol. The predicted octanol–water partition coefficient (Wildman–Crippen LogP) is 3.50. The number of aryl methyl sites for hydroxylation is 1. The second-order valence-corrected chi connectivity index (χ2v) is 7.16. The zero-order chi connectivity index (χ0) is 16.9. The van der Waals surface area contributed by atoms with Crippen molar-refractivity contribution in [3.05, 3.63) is 53.7 Å². The van der Waals surface area contributed by atoms with Crippen LogP contribution in [0.2, 0.25) is 0 Å². The third-order valence-electron chi connectivity index (χ3n) is 3.42. The molecule has 9 heteroatoms. The van der Waals surface area contributed by atoms with Crippen molar-refractivity contribution in [1.29, 1.82) is 0 Å². The molecule has 0 N–H and O–H groups in total. The Labute approximate surface area is 152 Å². The van der Waals surface area contributed by atoms with Gasteiger partial charge < -0.3 is 4.52 Å². The Morgan fingerprint density at radius 2 is 2.04 bits per heavy atom. The first kappa shape index (κ1) is 16.0. The predicted molar refractivity (Wildman–Crippen MR) is 95.8 cm³/mol. The molecular formula is C16H14N6OS2. The zero-order valence-electron chi connectivity index (χ0n) is 13.1. The molecule has 3 aromatic heterocycles. The largest absolute Gasteiger partial charge is 0.339 e. The van der Waals surface area contributed by atoms with Crippen LogP contribution in [0.25, 0.3) is 16.4 Å². The Morgan fingerprint density at radius 3 is 2.88 bits per heavy atom. The van der Waals surface area contributed by atoms with E-state index in [9.17, 15) is 0 Å². The molecule has 7 nitrogen and oxygen atoms in total. The summed E-state index contributed by atoms with van der Waals surface area (Å²) in [4.78, 5) is 5.45. The summed E-state index contributed by atoms with van der Waals surface area (Å²) in [6.07, 6.45) is 1.64. The molecule has 0 atom stereocenters. The van der Waals surface area contributed by atoms with Crippen molar-refractivity contribution in [3.8, 4) is 16.4 Å². The quantitative estimate of drug-likeness (QED) is 0.364. The fourth-order valence-electron chi connectivity index (χ4n) is 2.25. The number of thioether (sulfide) groups is 1. The molecule has 25 heavy (non-hydrogen) atoms. The first-order chi connectivity index (χ1) is 12.4. The topological polar surface area (TPSA) is 82.5 Å². The molecule has 126 valence electrons. The third-order valence-corrected chi connectivity index (χ3v) is 5.29. The maximum absolute atomic E-state index is 5.31. The van der Waals surface area contributed by atoms with Crippen LogP contribution in [0.5, 0.6) is 0 Å². The highest BCUT2D eigenvalue weighted by molar-refractivity contribution is 7.99. The van der Waals surface area contributed by atoms with Crippen molar-refractivity contribution in [2.75, 3.05) is 5.75 Å². The van der Waals surface area contributed by atoms with Gasteiger partial charge >= 0.3 is 0 Å². The minimum atomic E-state index is 0.658. The van der Waals surface area contributed by atoms with Gasteiger partial charge in [-0.3, -0.25) is 0 Å². The van der Waals surface area contributed by atoms with Gasteiger partial charge in [-0.15, -0.1) is 16.4 Å². The van der Waals surface area contributed by atoms with Crippen molar-refractivity contribution in [3.63, 3.8) is 0 Å². The van der Waals surface area contributed by atoms with Gasteiger partial charge in [-0.2, -0.15) is 9.67 Å². The summed E-state index contributed by atoms with van der Waals surface area (Å²) >= 11 is 3.21. The molecule has 0 spiro atoms. The number of benzene rings is 1. The number of para-hydroxylation sites is 1. The first-order valence-corrected chi connectivity index (χ1v) is 9.60. The second kappa shape index (κ2) is 7.58. The van der Waals surface area contributed by atoms with Crippen LogP contribution < -0.4 is 0 Å². The lowest BCUT2D eigenvalue weighted by molar-refractivity contribution is 0.378. The van der Waals surface area contributed by atoms with E-state index in [1.807, 2.05) is 47.8 Å². The van der Waals surface area contributed by atoms with Gasteiger partial charge in [0.05, 0.1) is 10.6 Å². The average molecular weight is 370 g/mol. The number of thiophene rings is 1. The van der Waals surface area contributed by atoms with E-state index in [0.29, 0.717) is 11.7 Å². The molecule has 1 aromatic carbocycles. The van der Waals surface area contributed by atoms with E-state index in [2.05, 4.69) is 25.7 Å². The lowest BCUT2D eigenvalue weighted by atomic mass is 10.3. The molecule has 0 aliphatic heterocycles. The highest BCUT2D eigenvalue weighted by Gasteiger charge is 2.11. The van der Waals surface area contributed by atoms with Crippen LogP contribution in [0.3, 0.4) is 0 Å². The Morgan fingerprint density at radius 1 is 1.12 bits per heavy atom. The summed E-state index contributed by atoms with van der Waals surface area (Å²) in [7, 11) is 0. The summed E-state index contributed by atoms with van der Waals surface area (Å²) in [6.45, 7) is 0. The molecule has 0 saturated heterocycles. The minimum absolute atomic E-state index is 0.658. The van der Waals surface area contributed by atoms with E-state index >= 15 is 0 Å². The van der Waals surface area contributed by atoms with Crippen LogP contribution in [0, 0.1) is 0 Å². The van der Waals surface area contributed by atoms with Gasteiger partial charge in [0.15, 0.2) is 0 Å². The number of hydrogen-bond donors (Lipinski definition) is 0. The highest BCUT2D eigenvalue weighted by atomic mass is 32.2. The minimum Gasteiger partial charge on any atom is -0.339 e. The van der Waals surface area contributed by atoms with E-state index in [4.69, 9.17) is 4.52 Å². The maximum Gasteiger partial charge on any atom is 0.227 e. The van der Waals surface area contributed by atoms with Crippen molar-refractivity contribution in [2.24, 2.45) is 0 Å². The molecule has 0 aliphatic carbocycles. The number of aromatic nitrogens is 6. The van der Waals surface area contributed by atoms with Crippen molar-refractivity contribution < 1.29 is 4.52 Å². The molecule has 0 bridgehead atoms. The monoisotopic (exact) mass is 370 g/mol. The first-order valence-electron chi connectivity index (χ1n) is 7.73. The van der Waals surface area contributed by atoms with Crippen LogP contribution in [0.4, 0.5) is 0 Å². The normalized spacial score (nSPS) is 11.0. The molecule has 0 unspecified atom stereocenters. The molecule has 0 radical (unpaired) electrons. The SMILES string of the molecule is c1ccc(-n2nnnc2SCCCc2nc(-c3cccs3)no2)cc1. The van der Waals surface area contributed by atoms with E-state index in [-0.39, 0.29) is 0 Å². The van der Waals surface area contributed by atoms with Crippen molar-refractivity contribution in [2.45, 2.75) is 18.0 Å². The highest BCUT2D eigenvalue weighted by Crippen LogP contribution is 2.22. The Kier molecular flexibility index (Phi) is 4.84. The van der Waals surface area contributed by atoms with Crippen LogP contribution in [0.1, 0.15) is 12.3 Å². The molecule has 0 amide bonds. The Hall–Kier alpha value is -2.52. The number of hydrogen-bond acceptors (Lipinski definition) is 8. The van der Waals surface area contributed by atoms with Crippen LogP contribution >= 0.6 is 23.1 Å². The number of nitrogens with zero attached hydrogens (tertiary/aromatic N) is 6. The van der Waals surface area contributed by atoms with Gasteiger partial charge in [0.2, 0.25) is 16.9 Å². The van der Waals surface area contributed by atoms with Crippen molar-refractivity contribution >= 4 is 23.1 Å². The molecule has 4 aromatic rings. The van der Waals surface area contributed by atoms with Gasteiger partial charge in [0.25, 0.3) is 0 Å². The van der Waals surface area contributed by atoms with Gasteiger partial charge in [-0.05, 0) is 40.4 Å². The van der Waals surface area contributed by atoms with E-state index in [0.717, 1.165) is 34.3 Å². The van der Waals surface area contributed by atoms with Gasteiger partial charge in [0, 0.05) is 12.2 Å². The third kappa shape index (κ3) is 3.77. The summed E-state index contributed by atoms with van der Waals surface area (Å²) < 4.78 is 7.05. The molecule has 3 heterocycles. The fraction of sp³-hybridized carbons (Fsp3) is 0.188. The van der Waals surface area contributed by atoms with Gasteiger partial charge in [0.1, 0.15) is 0 Å². The van der Waals surface area contributed by atoms with Crippen LogP contribution in [-0.4, -0.2) is 36.1 Å². The molecule has 0 saturated carbocycles. The molecule has 0 aliphatic rings. The average Bonchev–Trinajstić information content (AvgIpc) is 3.40. The number of tetrazole rings is 1. The van der Waals surface area contributed by atoms with Crippen molar-refractivity contribution in [1.82, 2.24) is 30.3 Å². The van der Waals surface area contributed by atoms with Crippen LogP contribution in [0.15, 0.2) is 57.5 Å². The Balaban J connectivity index is 1.31. The fourth-order valence-corrected chi connectivity index (χ4v) is 3.73. The molecule has 4 rings (SSSR count). The standard InChI is InChI=1S/C16H14N6OS2/c1-2-6-12(7-3-1)22-16(18-20-21-22)25-11-5-9-14-17-15(19-23-14)13-8-4-10-24-13/h1-4,6-8,10H,5,9,11H2. The second-order valence-electron chi connectivity index (χ2n) is 5.15. The Bertz CT molecular complexity index is 919. The summed E-state index contributed by atoms with van der Waals surface area (Å²) in [5.41, 5.74) is 0.951. The van der Waals surface area contributed by atoms with E-state index in [1.165, 1.54) is 0 Å². The lowest BCUT2D eigenvalue weighted by Crippen LogP contribution is -1.99. The number of rotatable bonds is 7. The lowest BCUT2D eigenvalue weighted by Gasteiger charge is -2.03. The van der Waals surface area contributed by atoms with Crippen LogP contribution in [-0.2, 0) is 6.42 Å². The zero-order valence-corrected chi connectivity index (χ0v) is 14.8. The summed E-state index contributed by atoms with van der Waals surface area (Å²) in [5.74, 6) is 2.18. The molecule has 0 fully saturated rings. The maximum atomic E-state index is 5.31. The van der Waals surface area contributed by atoms with E-state index < -0.39 is 0 Å². The van der Waals surface area contributed by atoms with Gasteiger partial charge in [-0.1, -0.05) is 41.2 Å². The van der Waals surface area contributed by atoms with Gasteiger partial charge in [-0.25, -0.2) is 0 Å². The smallest absolute Gasteiger partial charge is 0.227 e. The summed E-state index contributed by atoms with van der Waals surface area (Å²) in [5, 5.41) is 18.7.